The van der Waals surface area contributed by atoms with E-state index in [1.54, 1.807) is 5.57 Å². The van der Waals surface area contributed by atoms with Crippen LogP contribution in [0.15, 0.2) is 10.5 Å². The predicted octanol–water partition coefficient (Wildman–Crippen LogP) is 5.34. The topological polar surface area (TPSA) is 34.1 Å². The van der Waals surface area contributed by atoms with Gasteiger partial charge in [-0.05, 0) is 72.5 Å². The number of Topliss-reactive ketones (excluding diaryl/α,β-unsaturated/α-hetero) is 2. The fraction of sp³-hybridized carbons (Fsp3) is 0.800. The molecule has 3 saturated carbocycles. The van der Waals surface area contributed by atoms with E-state index in [9.17, 15) is 9.59 Å². The number of fused-ring (bicyclic) bond motifs is 5. The van der Waals surface area contributed by atoms with Crippen molar-refractivity contribution in [2.45, 2.75) is 65.2 Å². The molecular formula is C20H27ClO2S. The third-order valence-electron chi connectivity index (χ3n) is 7.74. The quantitative estimate of drug-likeness (QED) is 0.488. The second-order valence-corrected chi connectivity index (χ2v) is 10.5. The van der Waals surface area contributed by atoms with Crippen molar-refractivity contribution in [3.8, 4) is 0 Å². The minimum atomic E-state index is -0.100. The van der Waals surface area contributed by atoms with Crippen LogP contribution in [-0.4, -0.2) is 16.8 Å². The smallest absolute Gasteiger partial charge is 0.202 e. The normalized spacial score (nSPS) is 45.0. The highest BCUT2D eigenvalue weighted by molar-refractivity contribution is 8.04. The maximum atomic E-state index is 12.6. The molecule has 0 heterocycles. The van der Waals surface area contributed by atoms with Crippen LogP contribution in [0.1, 0.15) is 65.2 Å². The number of allylic oxidation sites excluding steroid dienone is 2. The Balaban J connectivity index is 1.72. The van der Waals surface area contributed by atoms with Gasteiger partial charge in [-0.3, -0.25) is 9.59 Å². The number of hydrogen-bond acceptors (Lipinski definition) is 3. The zero-order valence-corrected chi connectivity index (χ0v) is 16.3. The van der Waals surface area contributed by atoms with Crippen LogP contribution >= 0.6 is 23.4 Å². The van der Waals surface area contributed by atoms with E-state index < -0.39 is 0 Å². The lowest BCUT2D eigenvalue weighted by atomic mass is 9.47. The van der Waals surface area contributed by atoms with Gasteiger partial charge < -0.3 is 0 Å². The van der Waals surface area contributed by atoms with Gasteiger partial charge in [-0.25, -0.2) is 0 Å². The van der Waals surface area contributed by atoms with Gasteiger partial charge in [-0.1, -0.05) is 19.4 Å². The number of halogens is 1. The summed E-state index contributed by atoms with van der Waals surface area (Å²) < 4.78 is 0. The van der Waals surface area contributed by atoms with Gasteiger partial charge in [0.1, 0.15) is 0 Å². The SMILES string of the molecule is C[C@]12CC[C@H]3[C@@H](CCC4=C(SCCl)CCC[C@@]43C)[C@@H]1C(=O)C(=O)C2. The van der Waals surface area contributed by atoms with Gasteiger partial charge in [0.05, 0.1) is 5.21 Å². The van der Waals surface area contributed by atoms with Crippen molar-refractivity contribution >= 4 is 34.9 Å². The molecule has 0 aliphatic heterocycles. The Morgan fingerprint density at radius 3 is 2.71 bits per heavy atom. The number of thioether (sulfide) groups is 1. The van der Waals surface area contributed by atoms with Crippen LogP contribution in [0.5, 0.6) is 0 Å². The first-order chi connectivity index (χ1) is 11.4. The van der Waals surface area contributed by atoms with E-state index in [0.717, 1.165) is 19.3 Å². The first-order valence-electron chi connectivity index (χ1n) is 9.39. The summed E-state index contributed by atoms with van der Waals surface area (Å²) in [5.74, 6) is 0.830. The van der Waals surface area contributed by atoms with Crippen molar-refractivity contribution in [1.82, 2.24) is 0 Å². The largest absolute Gasteiger partial charge is 0.291 e. The average molecular weight is 367 g/mol. The molecule has 4 rings (SSSR count). The molecular weight excluding hydrogens is 340 g/mol. The molecule has 24 heavy (non-hydrogen) atoms. The lowest BCUT2D eigenvalue weighted by Gasteiger charge is -2.57. The number of carbonyl (C=O) groups excluding carboxylic acids is 2. The van der Waals surface area contributed by atoms with Crippen LogP contribution in [0.25, 0.3) is 0 Å². The molecule has 4 heteroatoms. The fourth-order valence-electron chi connectivity index (χ4n) is 6.71. The summed E-state index contributed by atoms with van der Waals surface area (Å²) in [7, 11) is 0. The van der Waals surface area contributed by atoms with Crippen LogP contribution in [-0.2, 0) is 9.59 Å². The highest BCUT2D eigenvalue weighted by Gasteiger charge is 2.61. The van der Waals surface area contributed by atoms with Crippen LogP contribution in [0.4, 0.5) is 0 Å². The highest BCUT2D eigenvalue weighted by Crippen LogP contribution is 2.65. The minimum Gasteiger partial charge on any atom is -0.291 e. The second-order valence-electron chi connectivity index (χ2n) is 8.87. The number of hydrogen-bond donors (Lipinski definition) is 0. The fourth-order valence-corrected chi connectivity index (χ4v) is 8.03. The average Bonchev–Trinajstić information content (AvgIpc) is 2.77. The van der Waals surface area contributed by atoms with Crippen LogP contribution in [0.3, 0.4) is 0 Å². The molecule has 0 amide bonds. The number of ketones is 2. The summed E-state index contributed by atoms with van der Waals surface area (Å²) in [5, 5.41) is 0.636. The number of carbonyl (C=O) groups is 2. The molecule has 0 aromatic heterocycles. The monoisotopic (exact) mass is 366 g/mol. The second kappa shape index (κ2) is 5.87. The summed E-state index contributed by atoms with van der Waals surface area (Å²) in [5.41, 5.74) is 1.80. The Morgan fingerprint density at radius 2 is 1.96 bits per heavy atom. The summed E-state index contributed by atoms with van der Waals surface area (Å²) in [6, 6.07) is 0. The lowest BCUT2D eigenvalue weighted by molar-refractivity contribution is -0.139. The Labute approximate surface area is 154 Å². The van der Waals surface area contributed by atoms with E-state index in [2.05, 4.69) is 13.8 Å². The van der Waals surface area contributed by atoms with Gasteiger partial charge in [0.2, 0.25) is 5.78 Å². The molecule has 0 bridgehead atoms. The molecule has 0 N–H and O–H groups in total. The zero-order valence-electron chi connectivity index (χ0n) is 14.7. The van der Waals surface area contributed by atoms with Crippen molar-refractivity contribution in [2.75, 3.05) is 5.21 Å². The Hall–Kier alpha value is -0.280. The Morgan fingerprint density at radius 1 is 1.17 bits per heavy atom. The number of rotatable bonds is 2. The molecule has 0 saturated heterocycles. The Kier molecular flexibility index (Phi) is 4.20. The molecule has 0 spiro atoms. The van der Waals surface area contributed by atoms with Gasteiger partial charge >= 0.3 is 0 Å². The predicted molar refractivity (Wildman–Crippen MR) is 99.0 cm³/mol. The third kappa shape index (κ3) is 2.30. The van der Waals surface area contributed by atoms with E-state index >= 15 is 0 Å². The van der Waals surface area contributed by atoms with E-state index in [4.69, 9.17) is 11.6 Å². The highest BCUT2D eigenvalue weighted by atomic mass is 35.5. The van der Waals surface area contributed by atoms with Gasteiger partial charge in [-0.15, -0.1) is 23.4 Å². The summed E-state index contributed by atoms with van der Waals surface area (Å²) >= 11 is 7.84. The lowest BCUT2D eigenvalue weighted by Crippen LogP contribution is -2.50. The first kappa shape index (κ1) is 17.1. The molecule has 5 atom stereocenters. The summed E-state index contributed by atoms with van der Waals surface area (Å²) in [4.78, 5) is 26.3. The Bertz CT molecular complexity index is 627. The van der Waals surface area contributed by atoms with Crippen molar-refractivity contribution in [1.29, 1.82) is 0 Å². The maximum absolute atomic E-state index is 12.6. The third-order valence-corrected chi connectivity index (χ3v) is 8.98. The van der Waals surface area contributed by atoms with Crippen LogP contribution < -0.4 is 0 Å². The summed E-state index contributed by atoms with van der Waals surface area (Å²) in [6.07, 6.45) is 8.55. The molecule has 0 unspecified atom stereocenters. The molecule has 0 aromatic carbocycles. The van der Waals surface area contributed by atoms with E-state index in [-0.39, 0.29) is 28.3 Å². The molecule has 4 aliphatic rings. The molecule has 3 fully saturated rings. The molecule has 2 nitrogen and oxygen atoms in total. The summed E-state index contributed by atoms with van der Waals surface area (Å²) in [6.45, 7) is 4.64. The van der Waals surface area contributed by atoms with E-state index in [1.165, 1.54) is 30.6 Å². The van der Waals surface area contributed by atoms with Crippen molar-refractivity contribution in [3.63, 3.8) is 0 Å². The maximum Gasteiger partial charge on any atom is 0.202 e. The van der Waals surface area contributed by atoms with E-state index in [0.29, 0.717) is 23.5 Å². The van der Waals surface area contributed by atoms with Crippen molar-refractivity contribution in [2.24, 2.45) is 28.6 Å². The van der Waals surface area contributed by atoms with Crippen LogP contribution in [0.2, 0.25) is 0 Å². The van der Waals surface area contributed by atoms with E-state index in [1.807, 2.05) is 11.8 Å². The zero-order chi connectivity index (χ0) is 17.1. The van der Waals surface area contributed by atoms with Gasteiger partial charge in [-0.2, -0.15) is 0 Å². The first-order valence-corrected chi connectivity index (χ1v) is 10.9. The van der Waals surface area contributed by atoms with Crippen molar-refractivity contribution < 1.29 is 9.59 Å². The molecule has 0 radical (unpaired) electrons. The molecule has 4 aliphatic carbocycles. The number of alkyl halides is 1. The standard InChI is InChI=1S/C20H27ClO2S/c1-19-9-7-13-12(17(19)18(23)15(22)10-19)5-6-14-16(24-11-21)4-3-8-20(13,14)2/h12-13,17H,3-11H2,1-2H3/t12-,13+,17-,19-,20-/m1/s1. The van der Waals surface area contributed by atoms with Gasteiger partial charge in [0, 0.05) is 12.3 Å². The molecule has 0 aromatic rings. The van der Waals surface area contributed by atoms with Gasteiger partial charge in [0.15, 0.2) is 5.78 Å². The van der Waals surface area contributed by atoms with Crippen LogP contribution in [0, 0.1) is 28.6 Å². The molecule has 132 valence electrons. The van der Waals surface area contributed by atoms with Crippen molar-refractivity contribution in [3.05, 3.63) is 10.5 Å². The minimum absolute atomic E-state index is 0.00631. The van der Waals surface area contributed by atoms with Gasteiger partial charge in [0.25, 0.3) is 0 Å².